The number of nitro groups is 1. The summed E-state index contributed by atoms with van der Waals surface area (Å²) in [6.07, 6.45) is -2.92. The molecule has 8 heteroatoms. The molecule has 0 aliphatic heterocycles. The Balaban J connectivity index is 3.45. The maximum absolute atomic E-state index is 12.3. The fourth-order valence-corrected chi connectivity index (χ4v) is 1.10. The lowest BCUT2D eigenvalue weighted by Crippen LogP contribution is -2.02. The SMILES string of the molecule is O=Cc1nc([N+](=O)[O-])c(C(F)F)cc1Cl. The molecule has 1 heterocycles. The summed E-state index contributed by atoms with van der Waals surface area (Å²) in [5.74, 6) is -1.06. The van der Waals surface area contributed by atoms with Crippen LogP contribution in [-0.4, -0.2) is 16.2 Å². The molecule has 0 bridgehead atoms. The molecule has 0 aliphatic carbocycles. The molecule has 0 amide bonds. The summed E-state index contributed by atoms with van der Waals surface area (Å²) >= 11 is 5.40. The molecule has 1 aromatic rings. The molecule has 1 aromatic heterocycles. The summed E-state index contributed by atoms with van der Waals surface area (Å²) in [5, 5.41) is 10.0. The number of hydrogen-bond acceptors (Lipinski definition) is 4. The second kappa shape index (κ2) is 4.26. The van der Waals surface area contributed by atoms with Crippen molar-refractivity contribution in [2.45, 2.75) is 6.43 Å². The first-order valence-electron chi connectivity index (χ1n) is 3.55. The van der Waals surface area contributed by atoms with Crippen molar-refractivity contribution in [2.75, 3.05) is 0 Å². The van der Waals surface area contributed by atoms with Crippen LogP contribution in [0.1, 0.15) is 22.5 Å². The van der Waals surface area contributed by atoms with Crippen LogP contribution in [0.3, 0.4) is 0 Å². The third-order valence-corrected chi connectivity index (χ3v) is 1.83. The Hall–Kier alpha value is -1.63. The molecular weight excluding hydrogens is 234 g/mol. The Labute approximate surface area is 86.8 Å². The standard InChI is InChI=1S/C7H3ClF2N2O3/c8-4-1-3(6(9)10)7(12(14)15)11-5(4)2-13/h1-2,6H. The first kappa shape index (κ1) is 11.4. The average molecular weight is 237 g/mol. The zero-order chi connectivity index (χ0) is 11.6. The highest BCUT2D eigenvalue weighted by Gasteiger charge is 2.26. The van der Waals surface area contributed by atoms with E-state index in [2.05, 4.69) is 4.98 Å². The highest BCUT2D eigenvalue weighted by Crippen LogP contribution is 2.30. The van der Waals surface area contributed by atoms with Crippen molar-refractivity contribution in [2.24, 2.45) is 0 Å². The fraction of sp³-hybridized carbons (Fsp3) is 0.143. The van der Waals surface area contributed by atoms with E-state index in [0.29, 0.717) is 6.07 Å². The molecular formula is C7H3ClF2N2O3. The number of carbonyl (C=O) groups is 1. The van der Waals surface area contributed by atoms with Gasteiger partial charge in [0, 0.05) is 0 Å². The predicted molar refractivity (Wildman–Crippen MR) is 46.2 cm³/mol. The smallest absolute Gasteiger partial charge is 0.358 e. The Morgan fingerprint density at radius 3 is 2.60 bits per heavy atom. The minimum Gasteiger partial charge on any atom is -0.358 e. The quantitative estimate of drug-likeness (QED) is 0.459. The van der Waals surface area contributed by atoms with E-state index in [1.54, 1.807) is 0 Å². The molecule has 0 aromatic carbocycles. The van der Waals surface area contributed by atoms with Crippen molar-refractivity contribution in [3.8, 4) is 0 Å². The molecule has 80 valence electrons. The maximum atomic E-state index is 12.3. The number of rotatable bonds is 3. The number of hydrogen-bond donors (Lipinski definition) is 0. The summed E-state index contributed by atoms with van der Waals surface area (Å²) < 4.78 is 24.6. The number of alkyl halides is 2. The van der Waals surface area contributed by atoms with Crippen LogP contribution in [0.4, 0.5) is 14.6 Å². The third kappa shape index (κ3) is 2.24. The summed E-state index contributed by atoms with van der Waals surface area (Å²) in [5.41, 5.74) is -1.34. The Bertz CT molecular complexity index is 425. The van der Waals surface area contributed by atoms with Gasteiger partial charge in [-0.3, -0.25) is 4.79 Å². The van der Waals surface area contributed by atoms with Crippen LogP contribution in [-0.2, 0) is 0 Å². The Morgan fingerprint density at radius 1 is 1.60 bits per heavy atom. The molecule has 0 fully saturated rings. The van der Waals surface area contributed by atoms with E-state index in [4.69, 9.17) is 11.6 Å². The normalized spacial score (nSPS) is 10.4. The van der Waals surface area contributed by atoms with E-state index in [1.807, 2.05) is 0 Å². The van der Waals surface area contributed by atoms with Crippen molar-refractivity contribution in [3.63, 3.8) is 0 Å². The summed E-state index contributed by atoms with van der Waals surface area (Å²) in [6, 6.07) is 0.668. The zero-order valence-electron chi connectivity index (χ0n) is 6.99. The van der Waals surface area contributed by atoms with E-state index in [0.717, 1.165) is 0 Å². The number of aldehydes is 1. The molecule has 1 rings (SSSR count). The van der Waals surface area contributed by atoms with Crippen molar-refractivity contribution >= 4 is 23.7 Å². The van der Waals surface area contributed by atoms with Crippen LogP contribution < -0.4 is 0 Å². The third-order valence-electron chi connectivity index (χ3n) is 1.53. The molecule has 5 nitrogen and oxygen atoms in total. The van der Waals surface area contributed by atoms with E-state index >= 15 is 0 Å². The number of halogens is 3. The molecule has 0 radical (unpaired) electrons. The van der Waals surface area contributed by atoms with Gasteiger partial charge < -0.3 is 10.1 Å². The van der Waals surface area contributed by atoms with Crippen molar-refractivity contribution < 1.29 is 18.5 Å². The van der Waals surface area contributed by atoms with Gasteiger partial charge in [0.25, 0.3) is 6.43 Å². The van der Waals surface area contributed by atoms with Crippen LogP contribution in [0.15, 0.2) is 6.07 Å². The average Bonchev–Trinajstić information content (AvgIpc) is 2.16. The Morgan fingerprint density at radius 2 is 2.20 bits per heavy atom. The van der Waals surface area contributed by atoms with Gasteiger partial charge in [-0.25, -0.2) is 8.78 Å². The zero-order valence-corrected chi connectivity index (χ0v) is 7.74. The second-order valence-electron chi connectivity index (χ2n) is 2.44. The first-order chi connectivity index (χ1) is 6.97. The predicted octanol–water partition coefficient (Wildman–Crippen LogP) is 2.39. The monoisotopic (exact) mass is 236 g/mol. The first-order valence-corrected chi connectivity index (χ1v) is 3.93. The fourth-order valence-electron chi connectivity index (χ4n) is 0.897. The molecule has 0 atom stereocenters. The van der Waals surface area contributed by atoms with Gasteiger partial charge in [0.15, 0.2) is 6.29 Å². The number of nitrogens with zero attached hydrogens (tertiary/aromatic N) is 2. The highest BCUT2D eigenvalue weighted by atomic mass is 35.5. The number of pyridine rings is 1. The van der Waals surface area contributed by atoms with Crippen LogP contribution in [0.25, 0.3) is 0 Å². The molecule has 0 spiro atoms. The van der Waals surface area contributed by atoms with E-state index < -0.39 is 28.4 Å². The molecule has 15 heavy (non-hydrogen) atoms. The molecule has 0 saturated heterocycles. The van der Waals surface area contributed by atoms with E-state index in [-0.39, 0.29) is 11.3 Å². The van der Waals surface area contributed by atoms with Crippen molar-refractivity contribution in [1.29, 1.82) is 0 Å². The van der Waals surface area contributed by atoms with Gasteiger partial charge in [0.05, 0.1) is 5.02 Å². The van der Waals surface area contributed by atoms with Gasteiger partial charge in [0.1, 0.15) is 5.56 Å². The highest BCUT2D eigenvalue weighted by molar-refractivity contribution is 6.32. The Kier molecular flexibility index (Phi) is 3.25. The van der Waals surface area contributed by atoms with Gasteiger partial charge in [-0.05, 0) is 16.0 Å². The minimum atomic E-state index is -3.07. The summed E-state index contributed by atoms with van der Waals surface area (Å²) in [6.45, 7) is 0. The van der Waals surface area contributed by atoms with Crippen molar-refractivity contribution in [3.05, 3.63) is 32.5 Å². The van der Waals surface area contributed by atoms with Crippen LogP contribution in [0, 0.1) is 10.1 Å². The summed E-state index contributed by atoms with van der Waals surface area (Å²) in [7, 11) is 0. The molecule has 0 N–H and O–H groups in total. The van der Waals surface area contributed by atoms with Crippen LogP contribution >= 0.6 is 11.6 Å². The van der Waals surface area contributed by atoms with Gasteiger partial charge >= 0.3 is 5.82 Å². The number of carbonyl (C=O) groups excluding carboxylic acids is 1. The largest absolute Gasteiger partial charge is 0.373 e. The van der Waals surface area contributed by atoms with E-state index in [9.17, 15) is 23.7 Å². The van der Waals surface area contributed by atoms with Crippen LogP contribution in [0.5, 0.6) is 0 Å². The lowest BCUT2D eigenvalue weighted by atomic mass is 10.2. The maximum Gasteiger partial charge on any atom is 0.373 e. The van der Waals surface area contributed by atoms with E-state index in [1.165, 1.54) is 0 Å². The van der Waals surface area contributed by atoms with Crippen molar-refractivity contribution in [1.82, 2.24) is 4.98 Å². The number of aromatic nitrogens is 1. The lowest BCUT2D eigenvalue weighted by molar-refractivity contribution is -0.391. The topological polar surface area (TPSA) is 73.1 Å². The second-order valence-corrected chi connectivity index (χ2v) is 2.85. The molecule has 0 aliphatic rings. The van der Waals surface area contributed by atoms with Gasteiger partial charge in [-0.2, -0.15) is 0 Å². The summed E-state index contributed by atoms with van der Waals surface area (Å²) in [4.78, 5) is 22.7. The lowest BCUT2D eigenvalue weighted by Gasteiger charge is -2.01. The van der Waals surface area contributed by atoms with Gasteiger partial charge in [0.2, 0.25) is 5.69 Å². The van der Waals surface area contributed by atoms with Gasteiger partial charge in [-0.1, -0.05) is 11.6 Å². The molecule has 0 unspecified atom stereocenters. The minimum absolute atomic E-state index is 0.157. The van der Waals surface area contributed by atoms with Gasteiger partial charge in [-0.15, -0.1) is 0 Å². The molecule has 0 saturated carbocycles. The van der Waals surface area contributed by atoms with Crippen LogP contribution in [0.2, 0.25) is 5.02 Å².